The van der Waals surface area contributed by atoms with E-state index in [1.54, 1.807) is 4.68 Å². The zero-order chi connectivity index (χ0) is 14.0. The van der Waals surface area contributed by atoms with Gasteiger partial charge in [0.2, 0.25) is 0 Å². The van der Waals surface area contributed by atoms with Crippen molar-refractivity contribution in [3.63, 3.8) is 0 Å². The fraction of sp³-hybridized carbons (Fsp3) is 0.833. The third-order valence-electron chi connectivity index (χ3n) is 4.14. The molecule has 1 aliphatic heterocycles. The molecule has 1 aromatic rings. The first-order valence-electron chi connectivity index (χ1n) is 6.74. The molecule has 1 atom stereocenters. The normalized spacial score (nSPS) is 19.6. The van der Waals surface area contributed by atoms with Crippen molar-refractivity contribution >= 4 is 15.9 Å². The Morgan fingerprint density at radius 1 is 1.32 bits per heavy atom. The molecule has 0 aromatic carbocycles. The Bertz CT molecular complexity index is 404. The van der Waals surface area contributed by atoms with Crippen LogP contribution in [0.25, 0.3) is 0 Å². The van der Waals surface area contributed by atoms with Crippen molar-refractivity contribution in [2.75, 3.05) is 13.1 Å². The highest BCUT2D eigenvalue weighted by molar-refractivity contribution is 9.10. The SMILES string of the molecule is Cn1nnc(Br)c1C(NN)C(C)(C)N1CCCCC1. The smallest absolute Gasteiger partial charge is 0.153 e. The van der Waals surface area contributed by atoms with Crippen LogP contribution in [0.1, 0.15) is 44.8 Å². The van der Waals surface area contributed by atoms with Gasteiger partial charge in [-0.3, -0.25) is 10.7 Å². The van der Waals surface area contributed by atoms with Gasteiger partial charge in [0.15, 0.2) is 4.60 Å². The molecule has 6 nitrogen and oxygen atoms in total. The van der Waals surface area contributed by atoms with Gasteiger partial charge in [-0.25, -0.2) is 10.1 Å². The number of nitrogens with zero attached hydrogens (tertiary/aromatic N) is 4. The van der Waals surface area contributed by atoms with E-state index in [0.717, 1.165) is 23.4 Å². The van der Waals surface area contributed by atoms with Crippen molar-refractivity contribution in [2.24, 2.45) is 12.9 Å². The second-order valence-corrected chi connectivity index (χ2v) is 6.44. The van der Waals surface area contributed by atoms with Crippen molar-refractivity contribution in [1.29, 1.82) is 0 Å². The number of halogens is 1. The van der Waals surface area contributed by atoms with E-state index in [1.165, 1.54) is 19.3 Å². The highest BCUT2D eigenvalue weighted by atomic mass is 79.9. The summed E-state index contributed by atoms with van der Waals surface area (Å²) >= 11 is 3.47. The molecule has 1 unspecified atom stereocenters. The Labute approximate surface area is 122 Å². The van der Waals surface area contributed by atoms with Crippen molar-refractivity contribution in [3.05, 3.63) is 10.3 Å². The number of hydrazine groups is 1. The molecule has 0 amide bonds. The molecule has 2 rings (SSSR count). The minimum absolute atomic E-state index is 0.0278. The molecule has 0 spiro atoms. The number of hydrogen-bond donors (Lipinski definition) is 2. The van der Waals surface area contributed by atoms with Crippen LogP contribution in [0.4, 0.5) is 0 Å². The molecule has 0 aliphatic carbocycles. The first-order valence-corrected chi connectivity index (χ1v) is 7.54. The van der Waals surface area contributed by atoms with Gasteiger partial charge in [-0.2, -0.15) is 0 Å². The number of rotatable bonds is 4. The molecule has 108 valence electrons. The van der Waals surface area contributed by atoms with Gasteiger partial charge in [0.1, 0.15) is 0 Å². The standard InChI is InChI=1S/C12H23BrN6/c1-12(2,19-7-5-4-6-8-19)10(15-14)9-11(13)16-17-18(9)3/h10,15H,4-8,14H2,1-3H3. The van der Waals surface area contributed by atoms with Gasteiger partial charge >= 0.3 is 0 Å². The van der Waals surface area contributed by atoms with Crippen LogP contribution in [-0.4, -0.2) is 38.5 Å². The molecule has 19 heavy (non-hydrogen) atoms. The Hall–Kier alpha value is -0.500. The summed E-state index contributed by atoms with van der Waals surface area (Å²) in [5.74, 6) is 5.83. The molecule has 7 heteroatoms. The van der Waals surface area contributed by atoms with Gasteiger partial charge in [-0.15, -0.1) is 5.10 Å². The molecule has 1 saturated heterocycles. The van der Waals surface area contributed by atoms with E-state index < -0.39 is 0 Å². The fourth-order valence-electron chi connectivity index (χ4n) is 2.92. The Balaban J connectivity index is 2.29. The fourth-order valence-corrected chi connectivity index (χ4v) is 3.47. The Morgan fingerprint density at radius 3 is 2.42 bits per heavy atom. The lowest BCUT2D eigenvalue weighted by molar-refractivity contribution is 0.0580. The lowest BCUT2D eigenvalue weighted by atomic mass is 9.88. The minimum Gasteiger partial charge on any atom is -0.296 e. The molecule has 0 radical (unpaired) electrons. The average molecular weight is 331 g/mol. The Kier molecular flexibility index (Phi) is 4.60. The lowest BCUT2D eigenvalue weighted by Crippen LogP contribution is -2.56. The molecular weight excluding hydrogens is 308 g/mol. The zero-order valence-corrected chi connectivity index (χ0v) is 13.4. The first-order chi connectivity index (χ1) is 8.98. The second-order valence-electron chi connectivity index (χ2n) is 5.69. The number of likely N-dealkylation sites (tertiary alicyclic amines) is 1. The van der Waals surface area contributed by atoms with Gasteiger partial charge in [0.25, 0.3) is 0 Å². The maximum absolute atomic E-state index is 5.83. The largest absolute Gasteiger partial charge is 0.296 e. The molecular formula is C12H23BrN6. The molecule has 0 saturated carbocycles. The predicted molar refractivity (Wildman–Crippen MR) is 78.3 cm³/mol. The van der Waals surface area contributed by atoms with Crippen molar-refractivity contribution in [3.8, 4) is 0 Å². The summed E-state index contributed by atoms with van der Waals surface area (Å²) in [5, 5.41) is 8.11. The van der Waals surface area contributed by atoms with E-state index in [2.05, 4.69) is 50.4 Å². The van der Waals surface area contributed by atoms with Crippen molar-refractivity contribution in [2.45, 2.75) is 44.7 Å². The number of hydrogen-bond acceptors (Lipinski definition) is 5. The molecule has 1 aromatic heterocycles. The molecule has 1 fully saturated rings. The average Bonchev–Trinajstić information content (AvgIpc) is 2.72. The van der Waals surface area contributed by atoms with Crippen molar-refractivity contribution < 1.29 is 0 Å². The number of nitrogens with one attached hydrogen (secondary N) is 1. The zero-order valence-electron chi connectivity index (χ0n) is 11.9. The minimum atomic E-state index is -0.0901. The summed E-state index contributed by atoms with van der Waals surface area (Å²) in [6.07, 6.45) is 3.83. The van der Waals surface area contributed by atoms with Gasteiger partial charge < -0.3 is 0 Å². The maximum Gasteiger partial charge on any atom is 0.153 e. The number of nitrogens with two attached hydrogens (primary N) is 1. The van der Waals surface area contributed by atoms with Gasteiger partial charge in [0.05, 0.1) is 11.7 Å². The van der Waals surface area contributed by atoms with E-state index >= 15 is 0 Å². The Morgan fingerprint density at radius 2 is 1.95 bits per heavy atom. The van der Waals surface area contributed by atoms with Gasteiger partial charge in [0, 0.05) is 12.6 Å². The van der Waals surface area contributed by atoms with Crippen molar-refractivity contribution in [1.82, 2.24) is 25.3 Å². The van der Waals surface area contributed by atoms with Crippen LogP contribution in [0.2, 0.25) is 0 Å². The summed E-state index contributed by atoms with van der Waals surface area (Å²) in [5.41, 5.74) is 3.85. The lowest BCUT2D eigenvalue weighted by Gasteiger charge is -2.45. The van der Waals surface area contributed by atoms with Crippen LogP contribution < -0.4 is 11.3 Å². The summed E-state index contributed by atoms with van der Waals surface area (Å²) < 4.78 is 2.53. The first kappa shape index (κ1) is 14.9. The van der Waals surface area contributed by atoms with E-state index in [4.69, 9.17) is 5.84 Å². The highest BCUT2D eigenvalue weighted by Gasteiger charge is 2.39. The van der Waals surface area contributed by atoms with Crippen LogP contribution in [0.15, 0.2) is 4.60 Å². The molecule has 1 aliphatic rings. The molecule has 2 heterocycles. The van der Waals surface area contributed by atoms with E-state index in [9.17, 15) is 0 Å². The van der Waals surface area contributed by atoms with Crippen LogP contribution in [0.5, 0.6) is 0 Å². The van der Waals surface area contributed by atoms with Crippen LogP contribution >= 0.6 is 15.9 Å². The quantitative estimate of drug-likeness (QED) is 0.644. The summed E-state index contributed by atoms with van der Waals surface area (Å²) in [6, 6.07) is -0.0278. The molecule has 0 bridgehead atoms. The van der Waals surface area contributed by atoms with Gasteiger partial charge in [-0.05, 0) is 55.7 Å². The summed E-state index contributed by atoms with van der Waals surface area (Å²) in [7, 11) is 1.89. The maximum atomic E-state index is 5.83. The van der Waals surface area contributed by atoms with E-state index in [-0.39, 0.29) is 11.6 Å². The van der Waals surface area contributed by atoms with E-state index in [1.807, 2.05) is 7.05 Å². The molecule has 3 N–H and O–H groups in total. The topological polar surface area (TPSA) is 72.0 Å². The summed E-state index contributed by atoms with van der Waals surface area (Å²) in [4.78, 5) is 2.50. The second kappa shape index (κ2) is 5.87. The number of piperidine rings is 1. The predicted octanol–water partition coefficient (Wildman–Crippen LogP) is 1.35. The van der Waals surface area contributed by atoms with E-state index in [0.29, 0.717) is 0 Å². The number of aryl methyl sites for hydroxylation is 1. The van der Waals surface area contributed by atoms with Crippen LogP contribution in [-0.2, 0) is 7.05 Å². The highest BCUT2D eigenvalue weighted by Crippen LogP contribution is 2.34. The number of aromatic nitrogens is 3. The third-order valence-corrected chi connectivity index (χ3v) is 4.71. The third kappa shape index (κ3) is 2.84. The summed E-state index contributed by atoms with van der Waals surface area (Å²) in [6.45, 7) is 6.69. The van der Waals surface area contributed by atoms with Crippen LogP contribution in [0.3, 0.4) is 0 Å². The van der Waals surface area contributed by atoms with Crippen LogP contribution in [0, 0.1) is 0 Å². The van der Waals surface area contributed by atoms with Gasteiger partial charge in [-0.1, -0.05) is 11.6 Å². The monoisotopic (exact) mass is 330 g/mol.